The van der Waals surface area contributed by atoms with E-state index in [0.29, 0.717) is 12.0 Å². The third kappa shape index (κ3) is 4.69. The summed E-state index contributed by atoms with van der Waals surface area (Å²) >= 11 is 0. The predicted molar refractivity (Wildman–Crippen MR) is 94.0 cm³/mol. The molecule has 3 atom stereocenters. The van der Waals surface area contributed by atoms with Crippen LogP contribution in [0.2, 0.25) is 0 Å². The Hall–Kier alpha value is -0.590. The van der Waals surface area contributed by atoms with E-state index in [9.17, 15) is 0 Å². The quantitative estimate of drug-likeness (QED) is 0.528. The Labute approximate surface area is 132 Å². The van der Waals surface area contributed by atoms with Gasteiger partial charge in [-0.3, -0.25) is 4.99 Å². The molecule has 3 fully saturated rings. The van der Waals surface area contributed by atoms with Crippen molar-refractivity contribution in [2.24, 2.45) is 28.7 Å². The van der Waals surface area contributed by atoms with Crippen LogP contribution in [0.15, 0.2) is 17.1 Å². The van der Waals surface area contributed by atoms with Gasteiger partial charge in [0.25, 0.3) is 0 Å². The largest absolute Gasteiger partial charge is 0.286 e. The molecule has 0 N–H and O–H groups in total. The van der Waals surface area contributed by atoms with E-state index in [1.165, 1.54) is 56.2 Å². The Morgan fingerprint density at radius 2 is 1.86 bits per heavy atom. The smallest absolute Gasteiger partial charge is 0.0446 e. The molecule has 120 valence electrons. The van der Waals surface area contributed by atoms with Gasteiger partial charge in [-0.25, -0.2) is 0 Å². The van der Waals surface area contributed by atoms with Crippen molar-refractivity contribution in [3.8, 4) is 0 Å². The molecular weight excluding hydrogens is 254 g/mol. The minimum atomic E-state index is 0.401. The van der Waals surface area contributed by atoms with Crippen molar-refractivity contribution in [3.05, 3.63) is 12.2 Å². The first-order valence-electron chi connectivity index (χ1n) is 9.23. The Kier molecular flexibility index (Phi) is 6.08. The zero-order valence-electron chi connectivity index (χ0n) is 14.7. The van der Waals surface area contributed by atoms with Gasteiger partial charge < -0.3 is 0 Å². The fourth-order valence-electron chi connectivity index (χ4n) is 4.25. The number of aliphatic imine (C=N–C) groups is 1. The summed E-state index contributed by atoms with van der Waals surface area (Å²) < 4.78 is 0. The van der Waals surface area contributed by atoms with Gasteiger partial charge in [0.1, 0.15) is 0 Å². The molecule has 0 heterocycles. The van der Waals surface area contributed by atoms with Crippen LogP contribution in [0.4, 0.5) is 0 Å². The third-order valence-electron chi connectivity index (χ3n) is 5.42. The summed E-state index contributed by atoms with van der Waals surface area (Å²) in [5, 5.41) is 0. The van der Waals surface area contributed by atoms with E-state index in [-0.39, 0.29) is 0 Å². The molecule has 3 unspecified atom stereocenters. The minimum absolute atomic E-state index is 0.401. The second-order valence-corrected chi connectivity index (χ2v) is 8.12. The van der Waals surface area contributed by atoms with Crippen LogP contribution >= 0.6 is 0 Å². The van der Waals surface area contributed by atoms with E-state index >= 15 is 0 Å². The second-order valence-electron chi connectivity index (χ2n) is 8.12. The lowest BCUT2D eigenvalue weighted by Crippen LogP contribution is -2.30. The molecule has 0 aromatic rings. The zero-order chi connectivity index (χ0) is 15.4. The molecule has 3 saturated carbocycles. The van der Waals surface area contributed by atoms with Gasteiger partial charge in [0, 0.05) is 17.7 Å². The van der Waals surface area contributed by atoms with Crippen LogP contribution < -0.4 is 0 Å². The average Bonchev–Trinajstić information content (AvgIpc) is 2.77. The number of fused-ring (bicyclic) bond motifs is 4. The molecule has 3 aliphatic rings. The van der Waals surface area contributed by atoms with Gasteiger partial charge in [0.05, 0.1) is 0 Å². The summed E-state index contributed by atoms with van der Waals surface area (Å²) in [4.78, 5) is 5.06. The molecule has 0 saturated heterocycles. The number of hydrogen-bond donors (Lipinski definition) is 0. The van der Waals surface area contributed by atoms with E-state index in [0.717, 1.165) is 24.2 Å². The van der Waals surface area contributed by atoms with Crippen LogP contribution in [0.25, 0.3) is 0 Å². The van der Waals surface area contributed by atoms with Crippen molar-refractivity contribution in [3.63, 3.8) is 0 Å². The monoisotopic (exact) mass is 289 g/mol. The molecule has 3 rings (SSSR count). The molecule has 2 bridgehead atoms. The molecule has 0 amide bonds. The molecule has 21 heavy (non-hydrogen) atoms. The normalized spacial score (nSPS) is 30.0. The van der Waals surface area contributed by atoms with Crippen molar-refractivity contribution in [2.45, 2.75) is 85.1 Å². The lowest BCUT2D eigenvalue weighted by Gasteiger charge is -2.34. The van der Waals surface area contributed by atoms with Gasteiger partial charge >= 0.3 is 0 Å². The number of nitrogens with zero attached hydrogens (tertiary/aromatic N) is 1. The van der Waals surface area contributed by atoms with Crippen molar-refractivity contribution >= 4 is 5.71 Å². The highest BCUT2D eigenvalue weighted by atomic mass is 14.8. The van der Waals surface area contributed by atoms with E-state index in [1.54, 1.807) is 0 Å². The van der Waals surface area contributed by atoms with Crippen LogP contribution in [0.1, 0.15) is 79.1 Å². The molecule has 1 heteroatoms. The predicted octanol–water partition coefficient (Wildman–Crippen LogP) is 6.04. The van der Waals surface area contributed by atoms with Crippen molar-refractivity contribution in [1.82, 2.24) is 0 Å². The standard InChI is InChI=1S/C20H35N/c1-14(2)9-10-16(5)20(21-15(3)4)19-13-17-7-6-8-18(19)12-11-17/h14-15,17-19H,5-13H2,1-4H3. The minimum Gasteiger partial charge on any atom is -0.286 e. The van der Waals surface area contributed by atoms with Crippen LogP contribution in [0, 0.1) is 23.7 Å². The lowest BCUT2D eigenvalue weighted by molar-refractivity contribution is 0.258. The molecule has 1 nitrogen and oxygen atoms in total. The van der Waals surface area contributed by atoms with E-state index in [1.807, 2.05) is 0 Å². The average molecular weight is 290 g/mol. The molecule has 0 radical (unpaired) electrons. The maximum Gasteiger partial charge on any atom is 0.0446 e. The molecular formula is C20H35N. The Morgan fingerprint density at radius 1 is 1.10 bits per heavy atom. The van der Waals surface area contributed by atoms with Gasteiger partial charge in [0.2, 0.25) is 0 Å². The Balaban J connectivity index is 2.14. The maximum absolute atomic E-state index is 5.06. The van der Waals surface area contributed by atoms with Gasteiger partial charge in [-0.05, 0) is 69.3 Å². The highest BCUT2D eigenvalue weighted by Gasteiger charge is 2.36. The summed E-state index contributed by atoms with van der Waals surface area (Å²) in [5.41, 5.74) is 2.75. The summed E-state index contributed by atoms with van der Waals surface area (Å²) in [6.45, 7) is 13.5. The van der Waals surface area contributed by atoms with E-state index < -0.39 is 0 Å². The van der Waals surface area contributed by atoms with Crippen molar-refractivity contribution < 1.29 is 0 Å². The summed E-state index contributed by atoms with van der Waals surface area (Å²) in [6, 6.07) is 0.401. The van der Waals surface area contributed by atoms with Crippen molar-refractivity contribution in [2.75, 3.05) is 0 Å². The number of allylic oxidation sites excluding steroid dienone is 1. The topological polar surface area (TPSA) is 12.4 Å². The van der Waals surface area contributed by atoms with Gasteiger partial charge in [-0.2, -0.15) is 0 Å². The molecule has 0 spiro atoms. The molecule has 0 aromatic heterocycles. The van der Waals surface area contributed by atoms with E-state index in [2.05, 4.69) is 34.3 Å². The summed E-state index contributed by atoms with van der Waals surface area (Å²) in [5.74, 6) is 3.32. The fourth-order valence-corrected chi connectivity index (χ4v) is 4.25. The van der Waals surface area contributed by atoms with Crippen molar-refractivity contribution in [1.29, 1.82) is 0 Å². The summed E-state index contributed by atoms with van der Waals surface area (Å²) in [6.07, 6.45) is 11.0. The van der Waals surface area contributed by atoms with Crippen LogP contribution in [0.5, 0.6) is 0 Å². The highest BCUT2D eigenvalue weighted by molar-refractivity contribution is 6.01. The number of hydrogen-bond acceptors (Lipinski definition) is 1. The maximum atomic E-state index is 5.06. The van der Waals surface area contributed by atoms with Gasteiger partial charge in [-0.1, -0.05) is 39.7 Å². The molecule has 3 aliphatic carbocycles. The van der Waals surface area contributed by atoms with Crippen LogP contribution in [-0.2, 0) is 0 Å². The molecule has 0 aromatic carbocycles. The SMILES string of the molecule is C=C(CCC(C)C)C(=NC(C)C)C1CC2CCCC1CC2. The first kappa shape index (κ1) is 16.8. The third-order valence-corrected chi connectivity index (χ3v) is 5.42. The second kappa shape index (κ2) is 7.61. The summed E-state index contributed by atoms with van der Waals surface area (Å²) in [7, 11) is 0. The van der Waals surface area contributed by atoms with Gasteiger partial charge in [-0.15, -0.1) is 0 Å². The lowest BCUT2D eigenvalue weighted by atomic mass is 9.71. The van der Waals surface area contributed by atoms with Crippen LogP contribution in [-0.4, -0.2) is 11.8 Å². The Bertz CT molecular complexity index is 373. The number of rotatable bonds is 6. The fraction of sp³-hybridized carbons (Fsp3) is 0.850. The van der Waals surface area contributed by atoms with Crippen LogP contribution in [0.3, 0.4) is 0 Å². The Morgan fingerprint density at radius 3 is 2.52 bits per heavy atom. The van der Waals surface area contributed by atoms with Gasteiger partial charge in [0.15, 0.2) is 0 Å². The first-order valence-corrected chi connectivity index (χ1v) is 9.23. The molecule has 0 aliphatic heterocycles. The highest BCUT2D eigenvalue weighted by Crippen LogP contribution is 2.44. The zero-order valence-corrected chi connectivity index (χ0v) is 14.7. The van der Waals surface area contributed by atoms with E-state index in [4.69, 9.17) is 4.99 Å². The first-order chi connectivity index (χ1) is 9.97.